The smallest absolute Gasteiger partial charge is 0.394 e. The van der Waals surface area contributed by atoms with Gasteiger partial charge in [-0.3, -0.25) is 0 Å². The van der Waals surface area contributed by atoms with Crippen LogP contribution in [-0.4, -0.2) is 29.5 Å². The number of amides is 2. The number of aliphatic hydroxyl groups excluding tert-OH is 1. The monoisotopic (exact) mass is 382 g/mol. The normalized spacial score (nSPS) is 28.6. The lowest BCUT2D eigenvalue weighted by atomic mass is 9.39. The van der Waals surface area contributed by atoms with Crippen LogP contribution in [-0.2, 0) is 6.18 Å². The van der Waals surface area contributed by atoms with Gasteiger partial charge in [0.15, 0.2) is 0 Å². The van der Waals surface area contributed by atoms with Gasteiger partial charge in [0.05, 0.1) is 23.6 Å². The summed E-state index contributed by atoms with van der Waals surface area (Å²) in [6.07, 6.45) is -9.49. The van der Waals surface area contributed by atoms with Crippen molar-refractivity contribution in [1.29, 1.82) is 0 Å². The molecule has 1 atom stereocenters. The highest BCUT2D eigenvalue weighted by Gasteiger charge is 2.79. The van der Waals surface area contributed by atoms with Crippen LogP contribution in [0.5, 0.6) is 0 Å². The maximum Gasteiger partial charge on any atom is 0.416 e. The molecule has 4 rings (SSSR count). The molecule has 3 aliphatic carbocycles. The minimum atomic E-state index is -4.57. The van der Waals surface area contributed by atoms with Gasteiger partial charge in [0.25, 0.3) is 0 Å². The van der Waals surface area contributed by atoms with E-state index in [1.165, 1.54) is 6.07 Å². The first kappa shape index (κ1) is 18.8. The molecule has 3 aliphatic rings. The number of carbonyl (C=O) groups is 1. The minimum absolute atomic E-state index is 0.0434. The molecule has 0 aliphatic heterocycles. The van der Waals surface area contributed by atoms with Gasteiger partial charge >= 0.3 is 18.4 Å². The molecule has 0 spiro atoms. The molecule has 3 saturated carbocycles. The van der Waals surface area contributed by atoms with Crippen LogP contribution in [0.1, 0.15) is 36.4 Å². The summed E-state index contributed by atoms with van der Waals surface area (Å²) in [4.78, 5) is 12.0. The second-order valence-corrected chi connectivity index (χ2v) is 7.05. The summed E-state index contributed by atoms with van der Waals surface area (Å²) in [7, 11) is 0. The third kappa shape index (κ3) is 3.10. The number of hydrogen-bond acceptors (Lipinski definition) is 2. The molecule has 0 aromatic heterocycles. The standard InChI is InChI=1S/C16H16F6N2O2/c17-15(18,19)10-3-1-2-9(4-10)11(5-25)23-12(26)24-14-6-13(7-14,8-14)16(20,21)22/h1-4,11,25H,5-8H2,(H2,23,24,26)/t11-,13?,14?/m0/s1. The summed E-state index contributed by atoms with van der Waals surface area (Å²) in [5.74, 6) is 0. The molecular weight excluding hydrogens is 366 g/mol. The Morgan fingerprint density at radius 2 is 1.77 bits per heavy atom. The highest BCUT2D eigenvalue weighted by molar-refractivity contribution is 5.76. The van der Waals surface area contributed by atoms with Gasteiger partial charge in [-0.2, -0.15) is 26.3 Å². The maximum atomic E-state index is 12.8. The topological polar surface area (TPSA) is 61.4 Å². The first-order valence-electron chi connectivity index (χ1n) is 7.83. The Kier molecular flexibility index (Phi) is 4.17. The van der Waals surface area contributed by atoms with Crippen LogP contribution in [0.15, 0.2) is 24.3 Å². The Morgan fingerprint density at radius 3 is 2.27 bits per heavy atom. The van der Waals surface area contributed by atoms with Gasteiger partial charge in [-0.05, 0) is 37.0 Å². The molecule has 3 fully saturated rings. The van der Waals surface area contributed by atoms with E-state index in [0.29, 0.717) is 0 Å². The van der Waals surface area contributed by atoms with E-state index >= 15 is 0 Å². The number of benzene rings is 1. The molecule has 26 heavy (non-hydrogen) atoms. The molecule has 2 amide bonds. The molecule has 144 valence electrons. The fourth-order valence-electron chi connectivity index (χ4n) is 3.82. The molecule has 0 heterocycles. The predicted octanol–water partition coefficient (Wildman–Crippen LogP) is 3.52. The SMILES string of the molecule is O=C(N[C@@H](CO)c1cccc(C(F)(F)F)c1)NC12CC(C(F)(F)F)(C1)C2. The second-order valence-electron chi connectivity index (χ2n) is 7.05. The highest BCUT2D eigenvalue weighted by Crippen LogP contribution is 2.73. The summed E-state index contributed by atoms with van der Waals surface area (Å²) in [6.45, 7) is -0.659. The quantitative estimate of drug-likeness (QED) is 0.698. The van der Waals surface area contributed by atoms with Crippen molar-refractivity contribution >= 4 is 6.03 Å². The van der Waals surface area contributed by atoms with Crippen LogP contribution < -0.4 is 10.6 Å². The van der Waals surface area contributed by atoms with Gasteiger partial charge in [-0.25, -0.2) is 4.79 Å². The number of halogens is 6. The molecule has 1 aromatic carbocycles. The Balaban J connectivity index is 1.61. The molecule has 3 N–H and O–H groups in total. The highest BCUT2D eigenvalue weighted by atomic mass is 19.4. The fraction of sp³-hybridized carbons (Fsp3) is 0.562. The van der Waals surface area contributed by atoms with Crippen LogP contribution in [0.3, 0.4) is 0 Å². The lowest BCUT2D eigenvalue weighted by molar-refractivity contribution is -0.336. The third-order valence-corrected chi connectivity index (χ3v) is 5.11. The van der Waals surface area contributed by atoms with E-state index in [-0.39, 0.29) is 24.8 Å². The van der Waals surface area contributed by atoms with Crippen LogP contribution in [0.2, 0.25) is 0 Å². The largest absolute Gasteiger partial charge is 0.416 e. The van der Waals surface area contributed by atoms with Crippen LogP contribution in [0, 0.1) is 5.41 Å². The van der Waals surface area contributed by atoms with E-state index < -0.39 is 47.5 Å². The number of urea groups is 1. The predicted molar refractivity (Wildman–Crippen MR) is 78.0 cm³/mol. The number of nitrogens with one attached hydrogen (secondary N) is 2. The average Bonchev–Trinajstić information content (AvgIpc) is 2.45. The summed E-state index contributed by atoms with van der Waals surface area (Å²) in [6, 6.07) is 2.19. The Bertz CT molecular complexity index is 696. The van der Waals surface area contributed by atoms with Crippen molar-refractivity contribution in [3.63, 3.8) is 0 Å². The Labute approximate surface area is 144 Å². The number of rotatable bonds is 4. The molecule has 0 radical (unpaired) electrons. The Hall–Kier alpha value is -1.97. The average molecular weight is 382 g/mol. The minimum Gasteiger partial charge on any atom is -0.394 e. The van der Waals surface area contributed by atoms with E-state index in [4.69, 9.17) is 0 Å². The lowest BCUT2D eigenvalue weighted by Crippen LogP contribution is -2.79. The molecule has 4 nitrogen and oxygen atoms in total. The van der Waals surface area contributed by atoms with Crippen molar-refractivity contribution < 1.29 is 36.2 Å². The Morgan fingerprint density at radius 1 is 1.15 bits per heavy atom. The zero-order valence-electron chi connectivity index (χ0n) is 13.3. The van der Waals surface area contributed by atoms with Crippen molar-refractivity contribution in [3.05, 3.63) is 35.4 Å². The van der Waals surface area contributed by atoms with Gasteiger partial charge in [0, 0.05) is 5.54 Å². The van der Waals surface area contributed by atoms with Gasteiger partial charge in [-0.15, -0.1) is 0 Å². The van der Waals surface area contributed by atoms with Gasteiger partial charge in [0.2, 0.25) is 0 Å². The number of hydrogen-bond donors (Lipinski definition) is 3. The summed E-state index contributed by atoms with van der Waals surface area (Å²) >= 11 is 0. The van der Waals surface area contributed by atoms with Crippen LogP contribution in [0.4, 0.5) is 31.1 Å². The molecule has 0 unspecified atom stereocenters. The van der Waals surface area contributed by atoms with E-state index in [2.05, 4.69) is 10.6 Å². The summed E-state index contributed by atoms with van der Waals surface area (Å²) in [5, 5.41) is 14.1. The molecular formula is C16H16F6N2O2. The van der Waals surface area contributed by atoms with Crippen molar-refractivity contribution in [2.45, 2.75) is 43.2 Å². The van der Waals surface area contributed by atoms with Gasteiger partial charge in [-0.1, -0.05) is 12.1 Å². The molecule has 10 heteroatoms. The van der Waals surface area contributed by atoms with Crippen molar-refractivity contribution in [2.75, 3.05) is 6.61 Å². The van der Waals surface area contributed by atoms with Crippen molar-refractivity contribution in [3.8, 4) is 0 Å². The van der Waals surface area contributed by atoms with Crippen molar-refractivity contribution in [2.24, 2.45) is 5.41 Å². The summed E-state index contributed by atoms with van der Waals surface area (Å²) < 4.78 is 76.7. The first-order valence-corrected chi connectivity index (χ1v) is 7.83. The zero-order valence-corrected chi connectivity index (χ0v) is 13.3. The molecule has 0 saturated heterocycles. The van der Waals surface area contributed by atoms with E-state index in [1.807, 2.05) is 0 Å². The van der Waals surface area contributed by atoms with Crippen molar-refractivity contribution in [1.82, 2.24) is 10.6 Å². The number of alkyl halides is 6. The van der Waals surface area contributed by atoms with E-state index in [9.17, 15) is 36.2 Å². The number of aliphatic hydroxyl groups is 1. The molecule has 1 aromatic rings. The fourth-order valence-corrected chi connectivity index (χ4v) is 3.82. The third-order valence-electron chi connectivity index (χ3n) is 5.11. The second kappa shape index (κ2) is 5.77. The lowest BCUT2D eigenvalue weighted by Gasteiger charge is -2.70. The van der Waals surface area contributed by atoms with Gasteiger partial charge in [0.1, 0.15) is 0 Å². The van der Waals surface area contributed by atoms with Crippen LogP contribution in [0.25, 0.3) is 0 Å². The van der Waals surface area contributed by atoms with Gasteiger partial charge < -0.3 is 15.7 Å². The van der Waals surface area contributed by atoms with E-state index in [0.717, 1.165) is 18.2 Å². The van der Waals surface area contributed by atoms with Crippen LogP contribution >= 0.6 is 0 Å². The molecule has 2 bridgehead atoms. The number of carbonyl (C=O) groups excluding carboxylic acids is 1. The first-order chi connectivity index (χ1) is 11.9. The van der Waals surface area contributed by atoms with E-state index in [1.54, 1.807) is 0 Å². The summed E-state index contributed by atoms with van der Waals surface area (Å²) in [5.41, 5.74) is -3.53. The zero-order chi connectivity index (χ0) is 19.4. The maximum absolute atomic E-state index is 12.8.